The first-order valence-corrected chi connectivity index (χ1v) is 5.95. The third-order valence-electron chi connectivity index (χ3n) is 2.63. The Balaban J connectivity index is 2.73. The summed E-state index contributed by atoms with van der Waals surface area (Å²) in [5, 5.41) is 9.56. The minimum Gasteiger partial charge on any atom is -0.444 e. The smallest absolute Gasteiger partial charge is 0.410 e. The highest BCUT2D eigenvalue weighted by atomic mass is 16.6. The molecule has 5 heteroatoms. The second-order valence-corrected chi connectivity index (χ2v) is 5.36. The first-order chi connectivity index (χ1) is 7.74. The van der Waals surface area contributed by atoms with E-state index < -0.39 is 23.8 Å². The van der Waals surface area contributed by atoms with E-state index >= 15 is 0 Å². The molecular weight excluding hydrogens is 222 g/mol. The molecule has 0 radical (unpaired) electrons. The third kappa shape index (κ3) is 3.70. The van der Waals surface area contributed by atoms with E-state index in [0.717, 1.165) is 0 Å². The predicted molar refractivity (Wildman–Crippen MR) is 62.6 cm³/mol. The van der Waals surface area contributed by atoms with Crippen LogP contribution in [0, 0.1) is 0 Å². The van der Waals surface area contributed by atoms with Crippen molar-refractivity contribution in [2.75, 3.05) is 6.54 Å². The number of amides is 1. The molecule has 0 saturated carbocycles. The summed E-state index contributed by atoms with van der Waals surface area (Å²) in [4.78, 5) is 24.9. The standard InChI is InChI=1S/C12H21NO4/c1-5-10(15)9-6-8(14)7-13(9)11(16)17-12(2,3)4/h8-9,14H,5-7H2,1-4H3/t8-,9+/m1/s1. The van der Waals surface area contributed by atoms with E-state index in [1.165, 1.54) is 4.90 Å². The van der Waals surface area contributed by atoms with Crippen LogP contribution in [0.25, 0.3) is 0 Å². The minimum absolute atomic E-state index is 0.0348. The average Bonchev–Trinajstić information content (AvgIpc) is 2.56. The van der Waals surface area contributed by atoms with Gasteiger partial charge < -0.3 is 9.84 Å². The summed E-state index contributed by atoms with van der Waals surface area (Å²) in [6.45, 7) is 7.24. The normalized spacial score (nSPS) is 24.9. The van der Waals surface area contributed by atoms with E-state index in [9.17, 15) is 14.7 Å². The molecule has 98 valence electrons. The van der Waals surface area contributed by atoms with Crippen LogP contribution in [0.1, 0.15) is 40.5 Å². The molecule has 1 heterocycles. The van der Waals surface area contributed by atoms with E-state index in [-0.39, 0.29) is 12.3 Å². The Labute approximate surface area is 102 Å². The van der Waals surface area contributed by atoms with E-state index in [0.29, 0.717) is 12.8 Å². The van der Waals surface area contributed by atoms with Gasteiger partial charge in [-0.2, -0.15) is 0 Å². The van der Waals surface area contributed by atoms with Gasteiger partial charge in [0.15, 0.2) is 5.78 Å². The molecule has 1 aliphatic heterocycles. The molecule has 0 aromatic rings. The number of β-amino-alcohol motifs (C(OH)–C–C–N with tert-alkyl or cyclic N) is 1. The van der Waals surface area contributed by atoms with Gasteiger partial charge in [-0.05, 0) is 20.8 Å². The maximum absolute atomic E-state index is 11.9. The minimum atomic E-state index is -0.636. The van der Waals surface area contributed by atoms with Crippen LogP contribution >= 0.6 is 0 Å². The van der Waals surface area contributed by atoms with E-state index in [1.807, 2.05) is 0 Å². The largest absolute Gasteiger partial charge is 0.444 e. The molecule has 2 atom stereocenters. The summed E-state index contributed by atoms with van der Waals surface area (Å²) in [6.07, 6.45) is -0.494. The highest BCUT2D eigenvalue weighted by Gasteiger charge is 2.39. The van der Waals surface area contributed by atoms with Gasteiger partial charge in [-0.3, -0.25) is 9.69 Å². The maximum atomic E-state index is 11.9. The molecule has 1 N–H and O–H groups in total. The topological polar surface area (TPSA) is 66.8 Å². The highest BCUT2D eigenvalue weighted by Crippen LogP contribution is 2.22. The lowest BCUT2D eigenvalue weighted by atomic mass is 10.1. The fourth-order valence-corrected chi connectivity index (χ4v) is 1.88. The highest BCUT2D eigenvalue weighted by molar-refractivity contribution is 5.87. The van der Waals surface area contributed by atoms with Gasteiger partial charge in [0, 0.05) is 12.8 Å². The van der Waals surface area contributed by atoms with Gasteiger partial charge in [0.05, 0.1) is 18.7 Å². The summed E-state index contributed by atoms with van der Waals surface area (Å²) in [6, 6.07) is -0.537. The number of rotatable bonds is 2. The van der Waals surface area contributed by atoms with E-state index in [1.54, 1.807) is 27.7 Å². The molecule has 0 aliphatic carbocycles. The number of carbonyl (C=O) groups excluding carboxylic acids is 2. The molecule has 0 aromatic heterocycles. The molecule has 0 unspecified atom stereocenters. The van der Waals surface area contributed by atoms with Crippen molar-refractivity contribution in [3.63, 3.8) is 0 Å². The monoisotopic (exact) mass is 243 g/mol. The molecule has 0 bridgehead atoms. The molecule has 5 nitrogen and oxygen atoms in total. The molecule has 1 fully saturated rings. The molecule has 1 amide bonds. The summed E-state index contributed by atoms with van der Waals surface area (Å²) in [5.74, 6) is -0.0348. The second kappa shape index (κ2) is 5.04. The van der Waals surface area contributed by atoms with Crippen molar-refractivity contribution in [3.8, 4) is 0 Å². The Morgan fingerprint density at radius 1 is 1.41 bits per heavy atom. The lowest BCUT2D eigenvalue weighted by Gasteiger charge is -2.27. The fraction of sp³-hybridized carbons (Fsp3) is 0.833. The fourth-order valence-electron chi connectivity index (χ4n) is 1.88. The van der Waals surface area contributed by atoms with Crippen LogP contribution in [0.3, 0.4) is 0 Å². The number of likely N-dealkylation sites (tertiary alicyclic amines) is 1. The van der Waals surface area contributed by atoms with Gasteiger partial charge in [-0.1, -0.05) is 6.92 Å². The maximum Gasteiger partial charge on any atom is 0.410 e. The van der Waals surface area contributed by atoms with Crippen LogP contribution < -0.4 is 0 Å². The predicted octanol–water partition coefficient (Wildman–Crippen LogP) is 1.34. The number of nitrogens with zero attached hydrogens (tertiary/aromatic N) is 1. The van der Waals surface area contributed by atoms with Gasteiger partial charge in [-0.25, -0.2) is 4.79 Å². The Morgan fingerprint density at radius 2 is 2.00 bits per heavy atom. The molecular formula is C12H21NO4. The third-order valence-corrected chi connectivity index (χ3v) is 2.63. The number of hydrogen-bond acceptors (Lipinski definition) is 4. The summed E-state index contributed by atoms with van der Waals surface area (Å²) >= 11 is 0. The van der Waals surface area contributed by atoms with Crippen molar-refractivity contribution in [2.24, 2.45) is 0 Å². The molecule has 1 aliphatic rings. The molecule has 1 saturated heterocycles. The van der Waals surface area contributed by atoms with Crippen LogP contribution in [0.2, 0.25) is 0 Å². The van der Waals surface area contributed by atoms with Crippen LogP contribution in [0.4, 0.5) is 4.79 Å². The first kappa shape index (κ1) is 14.0. The number of carbonyl (C=O) groups is 2. The van der Waals surface area contributed by atoms with Crippen LogP contribution in [0.15, 0.2) is 0 Å². The number of aliphatic hydroxyl groups is 1. The molecule has 0 aromatic carbocycles. The average molecular weight is 243 g/mol. The Bertz CT molecular complexity index is 308. The quantitative estimate of drug-likeness (QED) is 0.794. The number of ketones is 1. The Morgan fingerprint density at radius 3 is 2.47 bits per heavy atom. The van der Waals surface area contributed by atoms with Crippen molar-refractivity contribution >= 4 is 11.9 Å². The van der Waals surface area contributed by atoms with Gasteiger partial charge in [0.1, 0.15) is 5.60 Å². The summed E-state index contributed by atoms with van der Waals surface area (Å²) < 4.78 is 5.22. The lowest BCUT2D eigenvalue weighted by Crippen LogP contribution is -2.43. The lowest BCUT2D eigenvalue weighted by molar-refractivity contribution is -0.123. The Kier molecular flexibility index (Phi) is 4.14. The zero-order chi connectivity index (χ0) is 13.2. The van der Waals surface area contributed by atoms with E-state index in [2.05, 4.69) is 0 Å². The van der Waals surface area contributed by atoms with Crippen molar-refractivity contribution in [1.29, 1.82) is 0 Å². The first-order valence-electron chi connectivity index (χ1n) is 5.95. The van der Waals surface area contributed by atoms with Crippen molar-refractivity contribution in [2.45, 2.75) is 58.3 Å². The zero-order valence-corrected chi connectivity index (χ0v) is 10.9. The molecule has 1 rings (SSSR count). The van der Waals surface area contributed by atoms with Crippen molar-refractivity contribution in [3.05, 3.63) is 0 Å². The van der Waals surface area contributed by atoms with Crippen LogP contribution in [0.5, 0.6) is 0 Å². The van der Waals surface area contributed by atoms with Crippen LogP contribution in [-0.2, 0) is 9.53 Å². The second-order valence-electron chi connectivity index (χ2n) is 5.36. The Hall–Kier alpha value is -1.10. The number of Topliss-reactive ketones (excluding diaryl/α,β-unsaturated/α-hetero) is 1. The van der Waals surface area contributed by atoms with E-state index in [4.69, 9.17) is 4.74 Å². The summed E-state index contributed by atoms with van der Waals surface area (Å²) in [7, 11) is 0. The molecule has 0 spiro atoms. The number of aliphatic hydroxyl groups excluding tert-OH is 1. The van der Waals surface area contributed by atoms with Gasteiger partial charge in [-0.15, -0.1) is 0 Å². The van der Waals surface area contributed by atoms with Gasteiger partial charge in [0.2, 0.25) is 0 Å². The molecule has 17 heavy (non-hydrogen) atoms. The van der Waals surface area contributed by atoms with Crippen molar-refractivity contribution in [1.82, 2.24) is 4.90 Å². The number of hydrogen-bond donors (Lipinski definition) is 1. The summed E-state index contributed by atoms with van der Waals surface area (Å²) in [5.41, 5.74) is -0.593. The van der Waals surface area contributed by atoms with Crippen molar-refractivity contribution < 1.29 is 19.4 Å². The van der Waals surface area contributed by atoms with Gasteiger partial charge in [0.25, 0.3) is 0 Å². The SMILES string of the molecule is CCC(=O)[C@@H]1C[C@@H](O)CN1C(=O)OC(C)(C)C. The van der Waals surface area contributed by atoms with Gasteiger partial charge >= 0.3 is 6.09 Å². The number of ether oxygens (including phenoxy) is 1. The van der Waals surface area contributed by atoms with Crippen LogP contribution in [-0.4, -0.2) is 46.2 Å². The zero-order valence-electron chi connectivity index (χ0n) is 10.9.